The molecule has 0 spiro atoms. The van der Waals surface area contributed by atoms with Crippen LogP contribution < -0.4 is 5.73 Å². The second kappa shape index (κ2) is 6.46. The third-order valence-corrected chi connectivity index (χ3v) is 2.32. The predicted octanol–water partition coefficient (Wildman–Crippen LogP) is 2.92. The van der Waals surface area contributed by atoms with Crippen LogP contribution in [0.5, 0.6) is 0 Å². The van der Waals surface area contributed by atoms with Crippen LogP contribution in [0.25, 0.3) is 0 Å². The zero-order valence-electron chi connectivity index (χ0n) is 9.70. The summed E-state index contributed by atoms with van der Waals surface area (Å²) in [5.74, 6) is 0.960. The molecule has 0 heterocycles. The largest absolute Gasteiger partial charge is 0.490 e. The molecule has 0 amide bonds. The van der Waals surface area contributed by atoms with Crippen LogP contribution in [-0.2, 0) is 4.74 Å². The summed E-state index contributed by atoms with van der Waals surface area (Å²) < 4.78 is 5.72. The standard InChI is InChI=1S/C13H21NO/c1-3-6-12-7-4-5-8-13(9-12)15-11(2)10-14/h4,7-9,11H,3,5-6,10,14H2,1-2H3/t11-/m1/s1. The van der Waals surface area contributed by atoms with Crippen LogP contribution in [-0.4, -0.2) is 12.6 Å². The van der Waals surface area contributed by atoms with Crippen molar-refractivity contribution in [3.8, 4) is 0 Å². The van der Waals surface area contributed by atoms with Gasteiger partial charge in [-0.1, -0.05) is 25.5 Å². The van der Waals surface area contributed by atoms with Gasteiger partial charge in [-0.2, -0.15) is 0 Å². The Kier molecular flexibility index (Phi) is 5.19. The monoisotopic (exact) mass is 207 g/mol. The minimum Gasteiger partial charge on any atom is -0.490 e. The summed E-state index contributed by atoms with van der Waals surface area (Å²) in [5.41, 5.74) is 6.87. The van der Waals surface area contributed by atoms with E-state index in [1.165, 1.54) is 5.57 Å². The second-order valence-electron chi connectivity index (χ2n) is 3.88. The number of rotatable bonds is 5. The molecule has 2 nitrogen and oxygen atoms in total. The first-order chi connectivity index (χ1) is 7.26. The molecule has 0 saturated heterocycles. The number of hydrogen-bond donors (Lipinski definition) is 1. The van der Waals surface area contributed by atoms with Gasteiger partial charge in [0, 0.05) is 6.54 Å². The lowest BCUT2D eigenvalue weighted by Crippen LogP contribution is -2.19. The first kappa shape index (κ1) is 12.1. The van der Waals surface area contributed by atoms with Gasteiger partial charge in [0.1, 0.15) is 11.9 Å². The molecule has 0 bridgehead atoms. The summed E-state index contributed by atoms with van der Waals surface area (Å²) in [6, 6.07) is 0. The first-order valence-electron chi connectivity index (χ1n) is 5.70. The summed E-state index contributed by atoms with van der Waals surface area (Å²) in [4.78, 5) is 0. The topological polar surface area (TPSA) is 35.2 Å². The van der Waals surface area contributed by atoms with E-state index < -0.39 is 0 Å². The predicted molar refractivity (Wildman–Crippen MR) is 64.4 cm³/mol. The quantitative estimate of drug-likeness (QED) is 0.752. The molecule has 0 aromatic heterocycles. The van der Waals surface area contributed by atoms with Gasteiger partial charge < -0.3 is 10.5 Å². The Morgan fingerprint density at radius 3 is 3.00 bits per heavy atom. The molecule has 1 rings (SSSR count). The van der Waals surface area contributed by atoms with E-state index in [0.29, 0.717) is 6.54 Å². The zero-order chi connectivity index (χ0) is 11.1. The maximum absolute atomic E-state index is 5.72. The van der Waals surface area contributed by atoms with Crippen molar-refractivity contribution in [1.29, 1.82) is 0 Å². The third-order valence-electron chi connectivity index (χ3n) is 2.32. The fourth-order valence-corrected chi connectivity index (χ4v) is 1.50. The van der Waals surface area contributed by atoms with Gasteiger partial charge in [-0.25, -0.2) is 0 Å². The Hall–Kier alpha value is -1.02. The number of nitrogens with two attached hydrogens (primary N) is 1. The van der Waals surface area contributed by atoms with Crippen LogP contribution in [0.1, 0.15) is 33.1 Å². The van der Waals surface area contributed by atoms with Crippen molar-refractivity contribution in [3.63, 3.8) is 0 Å². The van der Waals surface area contributed by atoms with Crippen LogP contribution in [0.2, 0.25) is 0 Å². The van der Waals surface area contributed by atoms with Crippen LogP contribution in [0, 0.1) is 0 Å². The van der Waals surface area contributed by atoms with Crippen LogP contribution in [0.15, 0.2) is 35.6 Å². The van der Waals surface area contributed by atoms with Crippen LogP contribution in [0.3, 0.4) is 0 Å². The Labute approximate surface area is 92.5 Å². The molecule has 1 atom stereocenters. The van der Waals surface area contributed by atoms with Crippen molar-refractivity contribution in [1.82, 2.24) is 0 Å². The van der Waals surface area contributed by atoms with Crippen molar-refractivity contribution in [2.24, 2.45) is 5.73 Å². The fourth-order valence-electron chi connectivity index (χ4n) is 1.50. The minimum atomic E-state index is 0.0912. The number of ether oxygens (including phenoxy) is 1. The molecule has 15 heavy (non-hydrogen) atoms. The smallest absolute Gasteiger partial charge is 0.116 e. The fraction of sp³-hybridized carbons (Fsp3) is 0.538. The van der Waals surface area contributed by atoms with Crippen molar-refractivity contribution in [2.75, 3.05) is 6.54 Å². The Bertz CT molecular complexity index is 276. The van der Waals surface area contributed by atoms with E-state index in [9.17, 15) is 0 Å². The van der Waals surface area contributed by atoms with Gasteiger partial charge in [0.05, 0.1) is 0 Å². The summed E-state index contributed by atoms with van der Waals surface area (Å²) in [5, 5.41) is 0. The number of hydrogen-bond acceptors (Lipinski definition) is 2. The average Bonchev–Trinajstić information content (AvgIpc) is 2.44. The number of allylic oxidation sites excluding steroid dienone is 5. The molecule has 0 aliphatic heterocycles. The molecule has 0 saturated carbocycles. The van der Waals surface area contributed by atoms with E-state index in [-0.39, 0.29) is 6.10 Å². The summed E-state index contributed by atoms with van der Waals surface area (Å²) in [6.45, 7) is 4.74. The zero-order valence-corrected chi connectivity index (χ0v) is 9.70. The molecular formula is C13H21NO. The highest BCUT2D eigenvalue weighted by atomic mass is 16.5. The molecular weight excluding hydrogens is 186 g/mol. The van der Waals surface area contributed by atoms with Crippen LogP contribution >= 0.6 is 0 Å². The highest BCUT2D eigenvalue weighted by molar-refractivity contribution is 5.30. The molecule has 1 aliphatic rings. The molecule has 0 unspecified atom stereocenters. The first-order valence-corrected chi connectivity index (χ1v) is 5.70. The normalized spacial score (nSPS) is 17.8. The van der Waals surface area contributed by atoms with E-state index in [2.05, 4.69) is 31.2 Å². The lowest BCUT2D eigenvalue weighted by atomic mass is 10.1. The van der Waals surface area contributed by atoms with Gasteiger partial charge in [-0.3, -0.25) is 0 Å². The molecule has 1 aliphatic carbocycles. The average molecular weight is 207 g/mol. The Balaban J connectivity index is 2.63. The van der Waals surface area contributed by atoms with Gasteiger partial charge in [0.25, 0.3) is 0 Å². The molecule has 84 valence electrons. The van der Waals surface area contributed by atoms with Crippen molar-refractivity contribution in [2.45, 2.75) is 39.2 Å². The molecule has 0 radical (unpaired) electrons. The summed E-state index contributed by atoms with van der Waals surface area (Å²) in [6.07, 6.45) is 11.9. The lowest BCUT2D eigenvalue weighted by Gasteiger charge is -2.13. The maximum atomic E-state index is 5.72. The molecule has 0 fully saturated rings. The Morgan fingerprint density at radius 1 is 1.53 bits per heavy atom. The van der Waals surface area contributed by atoms with Gasteiger partial charge in [0.2, 0.25) is 0 Å². The van der Waals surface area contributed by atoms with E-state index in [4.69, 9.17) is 10.5 Å². The van der Waals surface area contributed by atoms with Gasteiger partial charge in [0.15, 0.2) is 0 Å². The lowest BCUT2D eigenvalue weighted by molar-refractivity contribution is 0.147. The van der Waals surface area contributed by atoms with Crippen LogP contribution in [0.4, 0.5) is 0 Å². The van der Waals surface area contributed by atoms with Gasteiger partial charge in [-0.05, 0) is 37.5 Å². The van der Waals surface area contributed by atoms with E-state index in [0.717, 1.165) is 25.0 Å². The third kappa shape index (κ3) is 4.34. The Morgan fingerprint density at radius 2 is 2.33 bits per heavy atom. The minimum absolute atomic E-state index is 0.0912. The molecule has 0 aromatic carbocycles. The van der Waals surface area contributed by atoms with Gasteiger partial charge in [-0.15, -0.1) is 0 Å². The van der Waals surface area contributed by atoms with E-state index >= 15 is 0 Å². The molecule has 2 heteroatoms. The molecule has 0 aromatic rings. The SMILES string of the molecule is CCCC1=CC(O[C@H](C)CN)=CCC=C1. The van der Waals surface area contributed by atoms with Crippen molar-refractivity contribution in [3.05, 3.63) is 35.6 Å². The van der Waals surface area contributed by atoms with Crippen molar-refractivity contribution < 1.29 is 4.74 Å². The second-order valence-corrected chi connectivity index (χ2v) is 3.88. The maximum Gasteiger partial charge on any atom is 0.116 e. The summed E-state index contributed by atoms with van der Waals surface area (Å²) >= 11 is 0. The van der Waals surface area contributed by atoms with Gasteiger partial charge >= 0.3 is 0 Å². The molecule has 2 N–H and O–H groups in total. The van der Waals surface area contributed by atoms with E-state index in [1.807, 2.05) is 6.92 Å². The van der Waals surface area contributed by atoms with Crippen molar-refractivity contribution >= 4 is 0 Å². The summed E-state index contributed by atoms with van der Waals surface area (Å²) in [7, 11) is 0. The highest BCUT2D eigenvalue weighted by Crippen LogP contribution is 2.17. The highest BCUT2D eigenvalue weighted by Gasteiger charge is 2.04. The van der Waals surface area contributed by atoms with E-state index in [1.54, 1.807) is 0 Å².